The fourth-order valence-electron chi connectivity index (χ4n) is 3.25. The molecule has 2 fully saturated rings. The molecule has 1 amide bonds. The predicted octanol–water partition coefficient (Wildman–Crippen LogP) is 1.75. The number of carbonyl (C=O) groups is 1. The van der Waals surface area contributed by atoms with E-state index in [2.05, 4.69) is 34.5 Å². The average molecular weight is 324 g/mol. The smallest absolute Gasteiger partial charge is 0.237 e. The van der Waals surface area contributed by atoms with Crippen LogP contribution in [0.3, 0.4) is 0 Å². The van der Waals surface area contributed by atoms with Crippen LogP contribution in [0.4, 0.5) is 0 Å². The molecule has 1 unspecified atom stereocenters. The molecule has 1 aliphatic heterocycles. The van der Waals surface area contributed by atoms with Crippen molar-refractivity contribution in [3.05, 3.63) is 35.9 Å². The monoisotopic (exact) mass is 323 g/mol. The van der Waals surface area contributed by atoms with Crippen molar-refractivity contribution in [2.45, 2.75) is 37.8 Å². The summed E-state index contributed by atoms with van der Waals surface area (Å²) in [5.74, 6) is 1.04. The summed E-state index contributed by atoms with van der Waals surface area (Å²) in [4.78, 5) is 14.5. The largest absolute Gasteiger partial charge is 0.352 e. The van der Waals surface area contributed by atoms with E-state index in [1.165, 1.54) is 5.56 Å². The maximum atomic E-state index is 12.2. The zero-order valence-electron chi connectivity index (χ0n) is 13.1. The van der Waals surface area contributed by atoms with E-state index in [4.69, 9.17) is 5.73 Å². The minimum absolute atomic E-state index is 0. The van der Waals surface area contributed by atoms with Crippen LogP contribution in [0, 0.1) is 5.92 Å². The number of nitrogens with zero attached hydrogens (tertiary/aromatic N) is 1. The van der Waals surface area contributed by atoms with E-state index < -0.39 is 0 Å². The maximum Gasteiger partial charge on any atom is 0.237 e. The molecule has 0 spiro atoms. The van der Waals surface area contributed by atoms with Gasteiger partial charge in [-0.1, -0.05) is 30.3 Å². The summed E-state index contributed by atoms with van der Waals surface area (Å²) < 4.78 is 0. The van der Waals surface area contributed by atoms with E-state index in [-0.39, 0.29) is 24.4 Å². The summed E-state index contributed by atoms with van der Waals surface area (Å²) in [5.41, 5.74) is 7.30. The van der Waals surface area contributed by atoms with Crippen LogP contribution in [-0.2, 0) is 4.79 Å². The van der Waals surface area contributed by atoms with Crippen LogP contribution >= 0.6 is 12.4 Å². The summed E-state index contributed by atoms with van der Waals surface area (Å²) in [6.45, 7) is 4.52. The van der Waals surface area contributed by atoms with Crippen LogP contribution < -0.4 is 11.1 Å². The van der Waals surface area contributed by atoms with E-state index >= 15 is 0 Å². The summed E-state index contributed by atoms with van der Waals surface area (Å²) in [6, 6.07) is 10.9. The van der Waals surface area contributed by atoms with Crippen molar-refractivity contribution in [3.63, 3.8) is 0 Å². The van der Waals surface area contributed by atoms with Gasteiger partial charge in [-0.3, -0.25) is 9.69 Å². The lowest BCUT2D eigenvalue weighted by atomic mass is 9.89. The first-order chi connectivity index (χ1) is 10.2. The normalized spacial score (nSPS) is 26.3. The van der Waals surface area contributed by atoms with E-state index in [1.807, 2.05) is 13.0 Å². The summed E-state index contributed by atoms with van der Waals surface area (Å²) in [7, 11) is 0. The second kappa shape index (κ2) is 7.44. The number of likely N-dealkylation sites (tertiary alicyclic amines) is 1. The quantitative estimate of drug-likeness (QED) is 0.868. The lowest BCUT2D eigenvalue weighted by molar-refractivity contribution is -0.125. The highest BCUT2D eigenvalue weighted by Crippen LogP contribution is 2.33. The van der Waals surface area contributed by atoms with Gasteiger partial charge in [0.1, 0.15) is 0 Å². The molecular formula is C17H26ClN3O. The van der Waals surface area contributed by atoms with E-state index in [0.717, 1.165) is 25.9 Å². The summed E-state index contributed by atoms with van der Waals surface area (Å²) in [6.07, 6.45) is 2.27. The van der Waals surface area contributed by atoms with Crippen molar-refractivity contribution >= 4 is 18.3 Å². The van der Waals surface area contributed by atoms with Crippen molar-refractivity contribution in [2.75, 3.05) is 19.6 Å². The number of amides is 1. The molecule has 4 nitrogen and oxygen atoms in total. The minimum Gasteiger partial charge on any atom is -0.352 e. The van der Waals surface area contributed by atoms with Crippen LogP contribution in [0.1, 0.15) is 31.2 Å². The Labute approximate surface area is 138 Å². The van der Waals surface area contributed by atoms with Gasteiger partial charge < -0.3 is 11.1 Å². The van der Waals surface area contributed by atoms with Crippen molar-refractivity contribution in [1.29, 1.82) is 0 Å². The SMILES string of the molecule is CC(C(=O)NC1CC1)N1C[C@@H](CN)[C@H](c2ccccc2)C1.Cl. The fourth-order valence-corrected chi connectivity index (χ4v) is 3.25. The third-order valence-electron chi connectivity index (χ3n) is 4.85. The Morgan fingerprint density at radius 1 is 1.32 bits per heavy atom. The number of benzene rings is 1. The Kier molecular flexibility index (Phi) is 5.84. The molecule has 122 valence electrons. The Morgan fingerprint density at radius 2 is 2.00 bits per heavy atom. The zero-order chi connectivity index (χ0) is 14.8. The first kappa shape index (κ1) is 17.3. The number of carbonyl (C=O) groups excluding carboxylic acids is 1. The number of hydrogen-bond acceptors (Lipinski definition) is 3. The second-order valence-corrected chi connectivity index (χ2v) is 6.43. The average Bonchev–Trinajstić information content (AvgIpc) is 3.22. The van der Waals surface area contributed by atoms with E-state index in [0.29, 0.717) is 24.4 Å². The lowest BCUT2D eigenvalue weighted by Crippen LogP contribution is -2.45. The van der Waals surface area contributed by atoms with Gasteiger partial charge in [0.05, 0.1) is 6.04 Å². The Bertz CT molecular complexity index is 492. The van der Waals surface area contributed by atoms with Crippen LogP contribution in [0.2, 0.25) is 0 Å². The van der Waals surface area contributed by atoms with Gasteiger partial charge in [-0.25, -0.2) is 0 Å². The Morgan fingerprint density at radius 3 is 2.59 bits per heavy atom. The van der Waals surface area contributed by atoms with Gasteiger partial charge >= 0.3 is 0 Å². The summed E-state index contributed by atoms with van der Waals surface area (Å²) >= 11 is 0. The first-order valence-electron chi connectivity index (χ1n) is 7.98. The standard InChI is InChI=1S/C17H25N3O.ClH/c1-12(17(21)19-15-7-8-15)20-10-14(9-18)16(11-20)13-5-3-2-4-6-13;/h2-6,12,14-16H,7-11,18H2,1H3,(H,19,21);1H/t12?,14-,16+;/m1./s1. The Balaban J connectivity index is 0.00000176. The van der Waals surface area contributed by atoms with Crippen LogP contribution in [0.15, 0.2) is 30.3 Å². The van der Waals surface area contributed by atoms with Crippen LogP contribution in [-0.4, -0.2) is 42.5 Å². The van der Waals surface area contributed by atoms with Gasteiger partial charge in [0.15, 0.2) is 0 Å². The third kappa shape index (κ3) is 3.80. The van der Waals surface area contributed by atoms with Crippen LogP contribution in [0.5, 0.6) is 0 Å². The third-order valence-corrected chi connectivity index (χ3v) is 4.85. The van der Waals surface area contributed by atoms with Crippen LogP contribution in [0.25, 0.3) is 0 Å². The molecule has 1 saturated heterocycles. The molecule has 1 saturated carbocycles. The minimum atomic E-state index is -0.0617. The molecule has 1 aliphatic carbocycles. The molecule has 0 aromatic heterocycles. The number of rotatable bonds is 5. The number of nitrogens with two attached hydrogens (primary N) is 1. The molecule has 3 rings (SSSR count). The van der Waals surface area contributed by atoms with Gasteiger partial charge in [0.2, 0.25) is 5.91 Å². The maximum absolute atomic E-state index is 12.2. The lowest BCUT2D eigenvalue weighted by Gasteiger charge is -2.23. The highest BCUT2D eigenvalue weighted by Gasteiger charge is 2.37. The highest BCUT2D eigenvalue weighted by molar-refractivity contribution is 5.85. The van der Waals surface area contributed by atoms with Gasteiger partial charge in [0.25, 0.3) is 0 Å². The topological polar surface area (TPSA) is 58.4 Å². The van der Waals surface area contributed by atoms with Crippen molar-refractivity contribution in [1.82, 2.24) is 10.2 Å². The first-order valence-corrected chi connectivity index (χ1v) is 7.98. The fraction of sp³-hybridized carbons (Fsp3) is 0.588. The van der Waals surface area contributed by atoms with E-state index in [1.54, 1.807) is 0 Å². The molecule has 5 heteroatoms. The zero-order valence-corrected chi connectivity index (χ0v) is 13.9. The molecule has 1 aromatic rings. The van der Waals surface area contributed by atoms with E-state index in [9.17, 15) is 4.79 Å². The number of hydrogen-bond donors (Lipinski definition) is 2. The number of halogens is 1. The molecular weight excluding hydrogens is 298 g/mol. The van der Waals surface area contributed by atoms with Gasteiger partial charge in [0, 0.05) is 25.0 Å². The molecule has 0 radical (unpaired) electrons. The van der Waals surface area contributed by atoms with Gasteiger partial charge in [-0.2, -0.15) is 0 Å². The molecule has 1 heterocycles. The van der Waals surface area contributed by atoms with Gasteiger partial charge in [-0.05, 0) is 37.8 Å². The summed E-state index contributed by atoms with van der Waals surface area (Å²) in [5, 5.41) is 3.11. The molecule has 22 heavy (non-hydrogen) atoms. The Hall–Kier alpha value is -1.10. The van der Waals surface area contributed by atoms with Gasteiger partial charge in [-0.15, -0.1) is 12.4 Å². The van der Waals surface area contributed by atoms with Crippen molar-refractivity contribution in [3.8, 4) is 0 Å². The molecule has 3 N–H and O–H groups in total. The molecule has 3 atom stereocenters. The highest BCUT2D eigenvalue weighted by atomic mass is 35.5. The van der Waals surface area contributed by atoms with Crippen molar-refractivity contribution < 1.29 is 4.79 Å². The molecule has 2 aliphatic rings. The number of nitrogens with one attached hydrogen (secondary N) is 1. The van der Waals surface area contributed by atoms with Crippen molar-refractivity contribution in [2.24, 2.45) is 11.7 Å². The second-order valence-electron chi connectivity index (χ2n) is 6.43. The molecule has 0 bridgehead atoms. The molecule has 1 aromatic carbocycles. The predicted molar refractivity (Wildman–Crippen MR) is 91.2 cm³/mol.